The molecule has 0 aliphatic rings. The van der Waals surface area contributed by atoms with Gasteiger partial charge in [-0.2, -0.15) is 0 Å². The van der Waals surface area contributed by atoms with Crippen molar-refractivity contribution in [3.8, 4) is 0 Å². The molecule has 0 saturated carbocycles. The number of nitrogens with one attached hydrogen (secondary N) is 1. The summed E-state index contributed by atoms with van der Waals surface area (Å²) in [7, 11) is 0. The van der Waals surface area contributed by atoms with Crippen LogP contribution in [0.25, 0.3) is 0 Å². The number of amides is 1. The fraction of sp³-hybridized carbons (Fsp3) is 0.745. The topological polar surface area (TPSA) is 95.9 Å². The number of ether oxygens (including phenoxy) is 1. The van der Waals surface area contributed by atoms with Gasteiger partial charge >= 0.3 is 5.97 Å². The quantitative estimate of drug-likeness (QED) is 0.0322. The van der Waals surface area contributed by atoms with Gasteiger partial charge in [0.1, 0.15) is 6.10 Å². The molecule has 0 aromatic carbocycles. The van der Waals surface area contributed by atoms with Gasteiger partial charge in [-0.05, 0) is 83.5 Å². The molecule has 0 rings (SSSR count). The van der Waals surface area contributed by atoms with Crippen LogP contribution in [0, 0.1) is 0 Å². The lowest BCUT2D eigenvalue weighted by molar-refractivity contribution is -0.151. The van der Waals surface area contributed by atoms with Crippen LogP contribution >= 0.6 is 0 Å². The molecule has 3 atom stereocenters. The predicted molar refractivity (Wildman–Crippen MR) is 264 cm³/mol. The molecule has 0 aromatic rings. The highest BCUT2D eigenvalue weighted by molar-refractivity contribution is 5.77. The lowest BCUT2D eigenvalue weighted by Crippen LogP contribution is -2.46. The molecule has 0 aliphatic carbocycles. The van der Waals surface area contributed by atoms with Gasteiger partial charge in [-0.25, -0.2) is 0 Å². The second-order valence-electron chi connectivity index (χ2n) is 17.2. The SMILES string of the molecule is CC/C=C\C/C=C\C/C=C\C/C=C\C/C=C\CCCC(CC(=O)NC(CO)C(O)CCCCCCCCCCCCCCCC)OC(=O)CCCCCCC/C=C\CCCC. The second kappa shape index (κ2) is 48.3. The van der Waals surface area contributed by atoms with E-state index in [9.17, 15) is 19.8 Å². The molecule has 0 aromatic heterocycles. The number of carbonyl (C=O) groups is 2. The lowest BCUT2D eigenvalue weighted by atomic mass is 10.0. The summed E-state index contributed by atoms with van der Waals surface area (Å²) >= 11 is 0. The summed E-state index contributed by atoms with van der Waals surface area (Å²) in [5, 5.41) is 23.8. The van der Waals surface area contributed by atoms with Crippen LogP contribution in [0.2, 0.25) is 0 Å². The van der Waals surface area contributed by atoms with Crippen molar-refractivity contribution in [3.05, 3.63) is 72.9 Å². The summed E-state index contributed by atoms with van der Waals surface area (Å²) in [5.41, 5.74) is 0. The molecule has 0 aliphatic heterocycles. The molecule has 0 radical (unpaired) electrons. The van der Waals surface area contributed by atoms with E-state index in [2.05, 4.69) is 99.0 Å². The highest BCUT2D eigenvalue weighted by Crippen LogP contribution is 2.17. The van der Waals surface area contributed by atoms with E-state index < -0.39 is 18.2 Å². The maximum absolute atomic E-state index is 13.2. The number of esters is 1. The van der Waals surface area contributed by atoms with Gasteiger partial charge in [-0.3, -0.25) is 9.59 Å². The molecular weight excluding hydrogens is 755 g/mol. The number of allylic oxidation sites excluding steroid dienone is 12. The second-order valence-corrected chi connectivity index (χ2v) is 17.2. The van der Waals surface area contributed by atoms with Crippen molar-refractivity contribution in [2.45, 2.75) is 257 Å². The first-order valence-corrected chi connectivity index (χ1v) is 25.7. The summed E-state index contributed by atoms with van der Waals surface area (Å²) in [6.07, 6.45) is 61.1. The molecular formula is C55H97NO5. The third-order valence-corrected chi connectivity index (χ3v) is 11.3. The Morgan fingerprint density at radius 2 is 0.918 bits per heavy atom. The van der Waals surface area contributed by atoms with Crippen molar-refractivity contribution in [1.82, 2.24) is 5.32 Å². The Labute approximate surface area is 377 Å². The largest absolute Gasteiger partial charge is 0.462 e. The van der Waals surface area contributed by atoms with Crippen molar-refractivity contribution in [2.24, 2.45) is 0 Å². The Morgan fingerprint density at radius 1 is 0.492 bits per heavy atom. The van der Waals surface area contributed by atoms with Crippen LogP contribution in [0.5, 0.6) is 0 Å². The zero-order valence-electron chi connectivity index (χ0n) is 40.0. The Hall–Kier alpha value is -2.70. The zero-order valence-corrected chi connectivity index (χ0v) is 40.0. The number of unbranched alkanes of at least 4 members (excludes halogenated alkanes) is 21. The highest BCUT2D eigenvalue weighted by Gasteiger charge is 2.24. The van der Waals surface area contributed by atoms with Gasteiger partial charge in [0.25, 0.3) is 0 Å². The summed E-state index contributed by atoms with van der Waals surface area (Å²) in [5.74, 6) is -0.543. The smallest absolute Gasteiger partial charge is 0.306 e. The third kappa shape index (κ3) is 43.7. The van der Waals surface area contributed by atoms with E-state index in [4.69, 9.17) is 4.74 Å². The van der Waals surface area contributed by atoms with Gasteiger partial charge < -0.3 is 20.3 Å². The van der Waals surface area contributed by atoms with Gasteiger partial charge in [0, 0.05) is 6.42 Å². The maximum Gasteiger partial charge on any atom is 0.306 e. The standard InChI is InChI=1S/C55H97NO5/c1-4-7-10-13-16-19-22-24-26-27-28-29-32-34-37-40-43-46-51(61-55(60)48-45-42-39-36-31-21-18-15-12-9-6-3)49-54(59)56-52(50-57)53(58)47-44-41-38-35-33-30-25-23-20-17-14-11-8-5-2/h7,10,15-16,18-19,24,26,28-29,34,37,51-53,57-58H,4-6,8-9,11-14,17,20-23,25,27,30-33,35-36,38-50H2,1-3H3,(H,56,59)/b10-7-,18-15-,19-16-,26-24-,29-28-,37-34-. The van der Waals surface area contributed by atoms with Crippen molar-refractivity contribution in [1.29, 1.82) is 0 Å². The third-order valence-electron chi connectivity index (χ3n) is 11.3. The van der Waals surface area contributed by atoms with Gasteiger partial charge in [0.05, 0.1) is 25.2 Å². The first kappa shape index (κ1) is 58.3. The molecule has 0 spiro atoms. The minimum absolute atomic E-state index is 0.0330. The Bertz CT molecular complexity index is 1140. The Morgan fingerprint density at radius 3 is 1.44 bits per heavy atom. The van der Waals surface area contributed by atoms with E-state index in [1.807, 2.05) is 0 Å². The molecule has 0 saturated heterocycles. The van der Waals surface area contributed by atoms with Crippen molar-refractivity contribution in [3.63, 3.8) is 0 Å². The Kier molecular flexibility index (Phi) is 46.2. The number of carbonyl (C=O) groups excluding carboxylic acids is 2. The summed E-state index contributed by atoms with van der Waals surface area (Å²) in [6.45, 7) is 6.31. The van der Waals surface area contributed by atoms with E-state index in [0.29, 0.717) is 19.3 Å². The van der Waals surface area contributed by atoms with E-state index in [1.54, 1.807) is 0 Å². The van der Waals surface area contributed by atoms with Crippen LogP contribution in [0.1, 0.15) is 239 Å². The molecule has 0 bridgehead atoms. The maximum atomic E-state index is 13.2. The van der Waals surface area contributed by atoms with E-state index in [1.165, 1.54) is 103 Å². The summed E-state index contributed by atoms with van der Waals surface area (Å²) < 4.78 is 5.89. The number of rotatable bonds is 45. The minimum Gasteiger partial charge on any atom is -0.462 e. The molecule has 352 valence electrons. The van der Waals surface area contributed by atoms with Gasteiger partial charge in [0.2, 0.25) is 5.91 Å². The first-order valence-electron chi connectivity index (χ1n) is 25.7. The predicted octanol–water partition coefficient (Wildman–Crippen LogP) is 15.4. The van der Waals surface area contributed by atoms with Gasteiger partial charge in [-0.1, -0.05) is 216 Å². The van der Waals surface area contributed by atoms with Crippen molar-refractivity contribution >= 4 is 11.9 Å². The molecule has 61 heavy (non-hydrogen) atoms. The molecule has 0 heterocycles. The van der Waals surface area contributed by atoms with Crippen LogP contribution < -0.4 is 5.32 Å². The Balaban J connectivity index is 4.69. The van der Waals surface area contributed by atoms with Crippen LogP contribution in [0.3, 0.4) is 0 Å². The normalized spacial score (nSPS) is 13.9. The van der Waals surface area contributed by atoms with Crippen molar-refractivity contribution in [2.75, 3.05) is 6.61 Å². The van der Waals surface area contributed by atoms with E-state index in [-0.39, 0.29) is 24.9 Å². The number of hydrogen-bond acceptors (Lipinski definition) is 5. The van der Waals surface area contributed by atoms with Gasteiger partial charge in [0.15, 0.2) is 0 Å². The average molecular weight is 852 g/mol. The average Bonchev–Trinajstić information content (AvgIpc) is 3.25. The first-order chi connectivity index (χ1) is 30.0. The molecule has 6 heteroatoms. The molecule has 0 fully saturated rings. The van der Waals surface area contributed by atoms with Crippen LogP contribution in [0.4, 0.5) is 0 Å². The number of aliphatic hydroxyl groups excluding tert-OH is 2. The fourth-order valence-electron chi connectivity index (χ4n) is 7.38. The van der Waals surface area contributed by atoms with Crippen LogP contribution in [0.15, 0.2) is 72.9 Å². The van der Waals surface area contributed by atoms with E-state index in [0.717, 1.165) is 89.9 Å². The van der Waals surface area contributed by atoms with Crippen molar-refractivity contribution < 1.29 is 24.5 Å². The van der Waals surface area contributed by atoms with E-state index >= 15 is 0 Å². The minimum atomic E-state index is -0.806. The van der Waals surface area contributed by atoms with Gasteiger partial charge in [-0.15, -0.1) is 0 Å². The van der Waals surface area contributed by atoms with Crippen LogP contribution in [-0.2, 0) is 14.3 Å². The van der Waals surface area contributed by atoms with Crippen LogP contribution in [-0.4, -0.2) is 46.9 Å². The zero-order chi connectivity index (χ0) is 44.5. The summed E-state index contributed by atoms with van der Waals surface area (Å²) in [6, 6.07) is -0.723. The molecule has 3 N–H and O–H groups in total. The lowest BCUT2D eigenvalue weighted by Gasteiger charge is -2.24. The molecule has 3 unspecified atom stereocenters. The molecule has 1 amide bonds. The summed E-state index contributed by atoms with van der Waals surface area (Å²) in [4.78, 5) is 26.1. The monoisotopic (exact) mass is 852 g/mol. The highest BCUT2D eigenvalue weighted by atomic mass is 16.5. The fourth-order valence-corrected chi connectivity index (χ4v) is 7.38. The number of aliphatic hydroxyl groups is 2. The number of hydrogen-bond donors (Lipinski definition) is 3. The molecule has 6 nitrogen and oxygen atoms in total.